The predicted molar refractivity (Wildman–Crippen MR) is 133 cm³/mol. The van der Waals surface area contributed by atoms with Crippen molar-refractivity contribution in [3.05, 3.63) is 53.2 Å². The van der Waals surface area contributed by atoms with E-state index in [2.05, 4.69) is 40.8 Å². The van der Waals surface area contributed by atoms with Crippen molar-refractivity contribution in [3.8, 4) is 5.75 Å². The van der Waals surface area contributed by atoms with Crippen LogP contribution in [0.5, 0.6) is 5.75 Å². The van der Waals surface area contributed by atoms with Crippen LogP contribution in [0.3, 0.4) is 0 Å². The Balaban J connectivity index is 1.23. The summed E-state index contributed by atoms with van der Waals surface area (Å²) in [5.74, 6) is 2.90. The van der Waals surface area contributed by atoms with Crippen molar-refractivity contribution in [2.45, 2.75) is 46.1 Å². The van der Waals surface area contributed by atoms with Gasteiger partial charge in [-0.3, -0.25) is 9.69 Å². The van der Waals surface area contributed by atoms with Crippen LogP contribution in [0.2, 0.25) is 0 Å². The topological polar surface area (TPSA) is 48.9 Å². The van der Waals surface area contributed by atoms with Crippen LogP contribution in [0.1, 0.15) is 42.4 Å². The summed E-state index contributed by atoms with van der Waals surface area (Å²) in [4.78, 5) is 24.2. The fourth-order valence-corrected chi connectivity index (χ4v) is 5.22. The van der Waals surface area contributed by atoms with Crippen LogP contribution in [-0.2, 0) is 11.3 Å². The molecule has 2 saturated heterocycles. The summed E-state index contributed by atoms with van der Waals surface area (Å²) in [5.41, 5.74) is 3.87. The first-order valence-electron chi connectivity index (χ1n) is 12.3. The van der Waals surface area contributed by atoms with Crippen LogP contribution < -0.4 is 9.64 Å². The fraction of sp³-hybridized carbons (Fsp3) is 0.556. The molecule has 2 aliphatic heterocycles. The van der Waals surface area contributed by atoms with E-state index < -0.39 is 0 Å². The molecule has 0 spiro atoms. The van der Waals surface area contributed by atoms with Crippen LogP contribution in [0.4, 0.5) is 5.82 Å². The van der Waals surface area contributed by atoms with Crippen molar-refractivity contribution in [3.63, 3.8) is 0 Å². The SMILES string of the molecule is COc1cc(C)c(CN2CCCC(CCC(=O)N3CCN(c4ccccn4)CC3)C2)cc1C. The number of piperidine rings is 1. The highest BCUT2D eigenvalue weighted by molar-refractivity contribution is 5.76. The van der Waals surface area contributed by atoms with E-state index >= 15 is 0 Å². The van der Waals surface area contributed by atoms with E-state index in [0.717, 1.165) is 63.8 Å². The average Bonchev–Trinajstić information content (AvgIpc) is 2.85. The molecule has 0 N–H and O–H groups in total. The van der Waals surface area contributed by atoms with Gasteiger partial charge in [0.2, 0.25) is 5.91 Å². The van der Waals surface area contributed by atoms with Crippen LogP contribution in [0, 0.1) is 19.8 Å². The van der Waals surface area contributed by atoms with Gasteiger partial charge in [-0.2, -0.15) is 0 Å². The number of aromatic nitrogens is 1. The van der Waals surface area contributed by atoms with Gasteiger partial charge < -0.3 is 14.5 Å². The lowest BCUT2D eigenvalue weighted by atomic mass is 9.92. The number of nitrogens with zero attached hydrogens (tertiary/aromatic N) is 4. The van der Waals surface area contributed by atoms with Gasteiger partial charge in [0.1, 0.15) is 11.6 Å². The third-order valence-electron chi connectivity index (χ3n) is 7.22. The van der Waals surface area contributed by atoms with Crippen LogP contribution >= 0.6 is 0 Å². The standard InChI is InChI=1S/C27H38N4O2/c1-21-18-25(33-3)22(2)17-24(21)20-29-12-6-7-23(19-29)9-10-27(32)31-15-13-30(14-16-31)26-8-4-5-11-28-26/h4-5,8,11,17-18,23H,6-7,9-10,12-16,19-20H2,1-3H3. The Bertz CT molecular complexity index is 925. The minimum atomic E-state index is 0.314. The molecule has 2 aromatic rings. The van der Waals surface area contributed by atoms with E-state index in [1.165, 1.54) is 29.5 Å². The second-order valence-electron chi connectivity index (χ2n) is 9.59. The number of pyridine rings is 1. The fourth-order valence-electron chi connectivity index (χ4n) is 5.22. The summed E-state index contributed by atoms with van der Waals surface area (Å²) in [6.07, 6.45) is 5.95. The zero-order chi connectivity index (χ0) is 23.2. The van der Waals surface area contributed by atoms with Crippen LogP contribution in [0.25, 0.3) is 0 Å². The summed E-state index contributed by atoms with van der Waals surface area (Å²) in [6.45, 7) is 10.8. The normalized spacial score (nSPS) is 19.5. The molecule has 1 aromatic carbocycles. The zero-order valence-corrected chi connectivity index (χ0v) is 20.4. The Morgan fingerprint density at radius 2 is 1.91 bits per heavy atom. The Kier molecular flexibility index (Phi) is 7.86. The zero-order valence-electron chi connectivity index (χ0n) is 20.4. The molecule has 6 heteroatoms. The predicted octanol–water partition coefficient (Wildman–Crippen LogP) is 4.05. The molecule has 0 saturated carbocycles. The van der Waals surface area contributed by atoms with Gasteiger partial charge in [-0.1, -0.05) is 12.1 Å². The van der Waals surface area contributed by atoms with Crippen LogP contribution in [-0.4, -0.2) is 67.1 Å². The van der Waals surface area contributed by atoms with E-state index in [1.54, 1.807) is 7.11 Å². The first kappa shape index (κ1) is 23.6. The van der Waals surface area contributed by atoms with E-state index in [-0.39, 0.29) is 0 Å². The lowest BCUT2D eigenvalue weighted by Gasteiger charge is -2.36. The Morgan fingerprint density at radius 1 is 1.09 bits per heavy atom. The maximum absolute atomic E-state index is 12.9. The average molecular weight is 451 g/mol. The maximum atomic E-state index is 12.9. The van der Waals surface area contributed by atoms with Gasteiger partial charge in [-0.15, -0.1) is 0 Å². The Labute approximate surface area is 198 Å². The molecule has 1 aromatic heterocycles. The largest absolute Gasteiger partial charge is 0.496 e. The van der Waals surface area contributed by atoms with Gasteiger partial charge in [-0.05, 0) is 80.5 Å². The highest BCUT2D eigenvalue weighted by Crippen LogP contribution is 2.27. The lowest BCUT2D eigenvalue weighted by molar-refractivity contribution is -0.131. The number of anilines is 1. The number of methoxy groups -OCH3 is 1. The number of benzene rings is 1. The van der Waals surface area contributed by atoms with Gasteiger partial charge in [0.05, 0.1) is 7.11 Å². The third kappa shape index (κ3) is 6.05. The van der Waals surface area contributed by atoms with Crippen molar-refractivity contribution >= 4 is 11.7 Å². The minimum absolute atomic E-state index is 0.314. The smallest absolute Gasteiger partial charge is 0.222 e. The summed E-state index contributed by atoms with van der Waals surface area (Å²) in [5, 5.41) is 0. The number of likely N-dealkylation sites (tertiary alicyclic amines) is 1. The maximum Gasteiger partial charge on any atom is 0.222 e. The Morgan fingerprint density at radius 3 is 2.64 bits per heavy atom. The lowest BCUT2D eigenvalue weighted by Crippen LogP contribution is -2.49. The molecule has 2 fully saturated rings. The van der Waals surface area contributed by atoms with Gasteiger partial charge in [0.25, 0.3) is 0 Å². The molecule has 178 valence electrons. The number of hydrogen-bond acceptors (Lipinski definition) is 5. The number of hydrogen-bond donors (Lipinski definition) is 0. The molecular formula is C27H38N4O2. The first-order valence-corrected chi connectivity index (χ1v) is 12.3. The summed E-state index contributed by atoms with van der Waals surface area (Å²) >= 11 is 0. The van der Waals surface area contributed by atoms with Crippen LogP contribution in [0.15, 0.2) is 36.5 Å². The van der Waals surface area contributed by atoms with Crippen molar-refractivity contribution in [1.29, 1.82) is 0 Å². The molecule has 4 rings (SSSR count). The van der Waals surface area contributed by atoms with Crippen molar-refractivity contribution < 1.29 is 9.53 Å². The van der Waals surface area contributed by atoms with E-state index in [9.17, 15) is 4.79 Å². The number of ether oxygens (including phenoxy) is 1. The Hall–Kier alpha value is -2.60. The summed E-state index contributed by atoms with van der Waals surface area (Å²) in [7, 11) is 1.73. The van der Waals surface area contributed by atoms with E-state index in [4.69, 9.17) is 4.74 Å². The van der Waals surface area contributed by atoms with Gasteiger partial charge in [-0.25, -0.2) is 4.98 Å². The van der Waals surface area contributed by atoms with Crippen molar-refractivity contribution in [2.75, 3.05) is 51.3 Å². The number of carbonyl (C=O) groups is 1. The number of aryl methyl sites for hydroxylation is 2. The van der Waals surface area contributed by atoms with Crippen molar-refractivity contribution in [1.82, 2.24) is 14.8 Å². The second kappa shape index (κ2) is 11.0. The van der Waals surface area contributed by atoms with Gasteiger partial charge >= 0.3 is 0 Å². The van der Waals surface area contributed by atoms with Gasteiger partial charge in [0.15, 0.2) is 0 Å². The molecule has 6 nitrogen and oxygen atoms in total. The molecule has 1 atom stereocenters. The highest BCUT2D eigenvalue weighted by Gasteiger charge is 2.25. The molecule has 0 aliphatic carbocycles. The monoisotopic (exact) mass is 450 g/mol. The summed E-state index contributed by atoms with van der Waals surface area (Å²) in [6, 6.07) is 10.4. The number of amides is 1. The minimum Gasteiger partial charge on any atom is -0.496 e. The molecule has 1 amide bonds. The van der Waals surface area contributed by atoms with E-state index in [1.807, 2.05) is 29.3 Å². The van der Waals surface area contributed by atoms with Gasteiger partial charge in [0, 0.05) is 51.9 Å². The highest BCUT2D eigenvalue weighted by atomic mass is 16.5. The molecule has 0 radical (unpaired) electrons. The summed E-state index contributed by atoms with van der Waals surface area (Å²) < 4.78 is 5.47. The molecular weight excluding hydrogens is 412 g/mol. The molecule has 3 heterocycles. The van der Waals surface area contributed by atoms with Crippen molar-refractivity contribution in [2.24, 2.45) is 5.92 Å². The third-order valence-corrected chi connectivity index (χ3v) is 7.22. The number of piperazine rings is 1. The number of carbonyl (C=O) groups excluding carboxylic acids is 1. The second-order valence-corrected chi connectivity index (χ2v) is 9.59. The first-order chi connectivity index (χ1) is 16.0. The molecule has 1 unspecified atom stereocenters. The quantitative estimate of drug-likeness (QED) is 0.637. The molecule has 0 bridgehead atoms. The number of rotatable bonds is 7. The molecule has 33 heavy (non-hydrogen) atoms. The van der Waals surface area contributed by atoms with E-state index in [0.29, 0.717) is 18.2 Å². The molecule has 2 aliphatic rings.